The second-order valence-electron chi connectivity index (χ2n) is 7.39. The molecule has 35 heavy (non-hydrogen) atoms. The standard InChI is InChI=1S/C27H29NO6S/c1-4-16-33-21-13-9-20(10-14-21)23-17-35-26(25(23)27(30)32-5-2)28-24(29)15-8-19-6-11-22(12-7-19)34-18-31-3/h6-15,17H,4-5,16,18H2,1-3H3,(H,28,29)/b15-8+. The van der Waals surface area contributed by atoms with E-state index in [2.05, 4.69) is 5.32 Å². The van der Waals surface area contributed by atoms with E-state index in [1.165, 1.54) is 17.4 Å². The predicted molar refractivity (Wildman–Crippen MR) is 138 cm³/mol. The Morgan fingerprint density at radius 1 is 0.971 bits per heavy atom. The molecule has 0 aliphatic rings. The first-order chi connectivity index (χ1) is 17.0. The van der Waals surface area contributed by atoms with Crippen LogP contribution in [0.3, 0.4) is 0 Å². The van der Waals surface area contributed by atoms with E-state index in [0.717, 1.165) is 23.3 Å². The Morgan fingerprint density at radius 3 is 2.31 bits per heavy atom. The van der Waals surface area contributed by atoms with Gasteiger partial charge >= 0.3 is 5.97 Å². The molecule has 0 unspecified atom stereocenters. The molecule has 1 aromatic heterocycles. The van der Waals surface area contributed by atoms with Gasteiger partial charge in [0.1, 0.15) is 22.1 Å². The van der Waals surface area contributed by atoms with Crippen molar-refractivity contribution in [3.8, 4) is 22.6 Å². The van der Waals surface area contributed by atoms with Crippen LogP contribution in [-0.4, -0.2) is 39.0 Å². The van der Waals surface area contributed by atoms with Crippen LogP contribution in [0, 0.1) is 0 Å². The van der Waals surface area contributed by atoms with Crippen LogP contribution in [-0.2, 0) is 14.3 Å². The summed E-state index contributed by atoms with van der Waals surface area (Å²) < 4.78 is 21.1. The quantitative estimate of drug-likeness (QED) is 0.188. The summed E-state index contributed by atoms with van der Waals surface area (Å²) in [5, 5.41) is 5.09. The molecular formula is C27H29NO6S. The molecule has 0 spiro atoms. The highest BCUT2D eigenvalue weighted by atomic mass is 32.1. The maximum Gasteiger partial charge on any atom is 0.341 e. The van der Waals surface area contributed by atoms with Crippen molar-refractivity contribution >= 4 is 34.3 Å². The average Bonchev–Trinajstić information content (AvgIpc) is 3.29. The van der Waals surface area contributed by atoms with E-state index < -0.39 is 5.97 Å². The van der Waals surface area contributed by atoms with Crippen LogP contribution in [0.25, 0.3) is 17.2 Å². The van der Waals surface area contributed by atoms with E-state index in [1.54, 1.807) is 32.2 Å². The van der Waals surface area contributed by atoms with Gasteiger partial charge in [-0.05, 0) is 54.8 Å². The third-order valence-corrected chi connectivity index (χ3v) is 5.69. The van der Waals surface area contributed by atoms with Crippen molar-refractivity contribution < 1.29 is 28.5 Å². The molecule has 7 nitrogen and oxygen atoms in total. The lowest BCUT2D eigenvalue weighted by atomic mass is 10.0. The molecule has 0 radical (unpaired) electrons. The molecule has 0 aliphatic heterocycles. The Morgan fingerprint density at radius 2 is 1.66 bits per heavy atom. The van der Waals surface area contributed by atoms with E-state index in [4.69, 9.17) is 18.9 Å². The first-order valence-electron chi connectivity index (χ1n) is 11.3. The SMILES string of the molecule is CCCOc1ccc(-c2csc(NC(=O)/C=C/c3ccc(OCOC)cc3)c2C(=O)OCC)cc1. The summed E-state index contributed by atoms with van der Waals surface area (Å²) in [7, 11) is 1.55. The number of anilines is 1. The molecule has 0 saturated carbocycles. The summed E-state index contributed by atoms with van der Waals surface area (Å²) >= 11 is 1.28. The lowest BCUT2D eigenvalue weighted by Gasteiger charge is -2.09. The van der Waals surface area contributed by atoms with Crippen LogP contribution in [0.1, 0.15) is 36.2 Å². The Balaban J connectivity index is 1.76. The molecule has 1 amide bonds. The zero-order chi connectivity index (χ0) is 25.0. The molecule has 1 heterocycles. The van der Waals surface area contributed by atoms with Gasteiger partial charge in [-0.3, -0.25) is 4.79 Å². The van der Waals surface area contributed by atoms with Gasteiger partial charge in [0.25, 0.3) is 0 Å². The van der Waals surface area contributed by atoms with Crippen molar-refractivity contribution in [1.82, 2.24) is 0 Å². The summed E-state index contributed by atoms with van der Waals surface area (Å²) in [6.45, 7) is 4.83. The van der Waals surface area contributed by atoms with E-state index in [1.807, 2.05) is 48.7 Å². The molecule has 3 aromatic rings. The van der Waals surface area contributed by atoms with Gasteiger partial charge in [-0.15, -0.1) is 11.3 Å². The number of amides is 1. The van der Waals surface area contributed by atoms with Crippen molar-refractivity contribution in [3.63, 3.8) is 0 Å². The van der Waals surface area contributed by atoms with Gasteiger partial charge in [-0.1, -0.05) is 31.2 Å². The van der Waals surface area contributed by atoms with Gasteiger partial charge in [0.2, 0.25) is 5.91 Å². The highest BCUT2D eigenvalue weighted by Crippen LogP contribution is 2.37. The highest BCUT2D eigenvalue weighted by Gasteiger charge is 2.22. The van der Waals surface area contributed by atoms with Crippen molar-refractivity contribution in [2.24, 2.45) is 0 Å². The molecule has 0 atom stereocenters. The van der Waals surface area contributed by atoms with Crippen LogP contribution >= 0.6 is 11.3 Å². The number of carbonyl (C=O) groups is 2. The van der Waals surface area contributed by atoms with Gasteiger partial charge in [0.15, 0.2) is 6.79 Å². The third kappa shape index (κ3) is 7.43. The minimum Gasteiger partial charge on any atom is -0.494 e. The molecule has 0 saturated heterocycles. The average molecular weight is 496 g/mol. The number of methoxy groups -OCH3 is 1. The van der Waals surface area contributed by atoms with Gasteiger partial charge in [0, 0.05) is 24.1 Å². The first-order valence-corrected chi connectivity index (χ1v) is 12.2. The van der Waals surface area contributed by atoms with Crippen LogP contribution in [0.4, 0.5) is 5.00 Å². The van der Waals surface area contributed by atoms with Crippen molar-refractivity contribution in [2.45, 2.75) is 20.3 Å². The van der Waals surface area contributed by atoms with Crippen LogP contribution in [0.15, 0.2) is 60.0 Å². The number of benzene rings is 2. The summed E-state index contributed by atoms with van der Waals surface area (Å²) in [4.78, 5) is 25.4. The number of ether oxygens (including phenoxy) is 4. The van der Waals surface area contributed by atoms with E-state index in [-0.39, 0.29) is 19.3 Å². The summed E-state index contributed by atoms with van der Waals surface area (Å²) in [5.74, 6) is 0.594. The van der Waals surface area contributed by atoms with E-state index in [9.17, 15) is 9.59 Å². The molecule has 0 aliphatic carbocycles. The fourth-order valence-electron chi connectivity index (χ4n) is 3.15. The molecule has 0 bridgehead atoms. The largest absolute Gasteiger partial charge is 0.494 e. The lowest BCUT2D eigenvalue weighted by Crippen LogP contribution is -2.12. The maximum atomic E-state index is 12.8. The summed E-state index contributed by atoms with van der Waals surface area (Å²) in [6.07, 6.45) is 4.02. The topological polar surface area (TPSA) is 83.1 Å². The molecular weight excluding hydrogens is 466 g/mol. The molecule has 184 valence electrons. The number of esters is 1. The third-order valence-electron chi connectivity index (χ3n) is 4.80. The fraction of sp³-hybridized carbons (Fsp3) is 0.259. The summed E-state index contributed by atoms with van der Waals surface area (Å²) in [5.41, 5.74) is 2.69. The lowest BCUT2D eigenvalue weighted by molar-refractivity contribution is -0.111. The monoisotopic (exact) mass is 495 g/mol. The number of hydrogen-bond acceptors (Lipinski definition) is 7. The smallest absolute Gasteiger partial charge is 0.341 e. The van der Waals surface area contributed by atoms with Crippen molar-refractivity contribution in [3.05, 3.63) is 71.1 Å². The van der Waals surface area contributed by atoms with Gasteiger partial charge in [0.05, 0.1) is 13.2 Å². The second kappa shape index (κ2) is 13.3. The number of carbonyl (C=O) groups excluding carboxylic acids is 2. The normalized spacial score (nSPS) is 10.8. The van der Waals surface area contributed by atoms with Gasteiger partial charge < -0.3 is 24.3 Å². The minimum atomic E-state index is -0.485. The molecule has 2 aromatic carbocycles. The Labute approximate surface area is 209 Å². The van der Waals surface area contributed by atoms with Gasteiger partial charge in [-0.25, -0.2) is 4.79 Å². The van der Waals surface area contributed by atoms with E-state index in [0.29, 0.717) is 28.5 Å². The summed E-state index contributed by atoms with van der Waals surface area (Å²) in [6, 6.07) is 14.8. The molecule has 1 N–H and O–H groups in total. The van der Waals surface area contributed by atoms with Crippen molar-refractivity contribution in [2.75, 3.05) is 32.4 Å². The Hall–Kier alpha value is -3.62. The first kappa shape index (κ1) is 26.0. The van der Waals surface area contributed by atoms with Crippen molar-refractivity contribution in [1.29, 1.82) is 0 Å². The molecule has 0 fully saturated rings. The van der Waals surface area contributed by atoms with Crippen LogP contribution in [0.2, 0.25) is 0 Å². The van der Waals surface area contributed by atoms with Crippen LogP contribution < -0.4 is 14.8 Å². The number of nitrogens with one attached hydrogen (secondary N) is 1. The Bertz CT molecular complexity index is 1140. The van der Waals surface area contributed by atoms with E-state index >= 15 is 0 Å². The Kier molecular flexibility index (Phi) is 9.89. The number of hydrogen-bond donors (Lipinski definition) is 1. The molecule has 8 heteroatoms. The van der Waals surface area contributed by atoms with Gasteiger partial charge in [-0.2, -0.15) is 0 Å². The van der Waals surface area contributed by atoms with Crippen LogP contribution in [0.5, 0.6) is 11.5 Å². The second-order valence-corrected chi connectivity index (χ2v) is 8.27. The number of thiophene rings is 1. The molecule has 3 rings (SSSR count). The zero-order valence-corrected chi connectivity index (χ0v) is 20.9. The zero-order valence-electron chi connectivity index (χ0n) is 20.0. The fourth-order valence-corrected chi connectivity index (χ4v) is 4.11. The predicted octanol–water partition coefficient (Wildman–Crippen LogP) is 6.02. The number of rotatable bonds is 12. The highest BCUT2D eigenvalue weighted by molar-refractivity contribution is 7.15. The maximum absolute atomic E-state index is 12.8. The minimum absolute atomic E-state index is 0.167.